The highest BCUT2D eigenvalue weighted by molar-refractivity contribution is 8.00. The summed E-state index contributed by atoms with van der Waals surface area (Å²) in [5, 5.41) is 25.4. The van der Waals surface area contributed by atoms with Gasteiger partial charge in [0.2, 0.25) is 11.8 Å². The number of thioether (sulfide) groups is 1. The number of carboxylic acids is 1. The lowest BCUT2D eigenvalue weighted by atomic mass is 9.82. The molecule has 0 heterocycles. The fraction of sp³-hybridized carbons (Fsp3) is 0.179. The minimum Gasteiger partial charge on any atom is -0.481 e. The highest BCUT2D eigenvalue weighted by Gasteiger charge is 2.34. The first kappa shape index (κ1) is 26.6. The van der Waals surface area contributed by atoms with Crippen LogP contribution in [0.1, 0.15) is 23.7 Å². The fourth-order valence-corrected chi connectivity index (χ4v) is 5.25. The first-order valence-corrected chi connectivity index (χ1v) is 12.8. The van der Waals surface area contributed by atoms with Crippen LogP contribution in [0.5, 0.6) is 0 Å². The Morgan fingerprint density at radius 1 is 0.868 bits per heavy atom. The maximum absolute atomic E-state index is 13.3. The summed E-state index contributed by atoms with van der Waals surface area (Å²) >= 11 is 1.28. The van der Waals surface area contributed by atoms with E-state index >= 15 is 0 Å². The van der Waals surface area contributed by atoms with E-state index in [1.807, 2.05) is 42.5 Å². The predicted molar refractivity (Wildman–Crippen MR) is 145 cm³/mol. The molecule has 3 aromatic rings. The van der Waals surface area contributed by atoms with E-state index in [0.717, 1.165) is 5.56 Å². The largest absolute Gasteiger partial charge is 0.481 e. The van der Waals surface area contributed by atoms with Gasteiger partial charge in [0.25, 0.3) is 5.69 Å². The van der Waals surface area contributed by atoms with Crippen LogP contribution in [0.2, 0.25) is 0 Å². The lowest BCUT2D eigenvalue weighted by Gasteiger charge is -2.24. The number of rotatable bonds is 9. The third kappa shape index (κ3) is 6.65. The molecule has 0 fully saturated rings. The molecule has 0 spiro atoms. The highest BCUT2D eigenvalue weighted by atomic mass is 32.2. The molecule has 0 radical (unpaired) electrons. The molecule has 38 heavy (non-hydrogen) atoms. The number of carboxylic acid groups (broad SMARTS) is 1. The van der Waals surface area contributed by atoms with E-state index in [0.29, 0.717) is 29.1 Å². The minimum absolute atomic E-state index is 0.0743. The summed E-state index contributed by atoms with van der Waals surface area (Å²) in [7, 11) is 0. The minimum atomic E-state index is -0.997. The quantitative estimate of drug-likeness (QED) is 0.140. The molecule has 0 aromatic heterocycles. The summed E-state index contributed by atoms with van der Waals surface area (Å²) in [6.07, 6.45) is 4.28. The molecule has 0 saturated carbocycles. The smallest absolute Gasteiger partial charge is 0.307 e. The van der Waals surface area contributed by atoms with Crippen LogP contribution in [-0.4, -0.2) is 27.8 Å². The molecule has 4 rings (SSSR count). The number of carbonyl (C=O) groups excluding carboxylic acids is 2. The second-order valence-corrected chi connectivity index (χ2v) is 9.89. The van der Waals surface area contributed by atoms with E-state index in [4.69, 9.17) is 0 Å². The zero-order valence-corrected chi connectivity index (χ0v) is 21.0. The first-order valence-electron chi connectivity index (χ1n) is 11.9. The van der Waals surface area contributed by atoms with Crippen LogP contribution in [-0.2, 0) is 14.4 Å². The van der Waals surface area contributed by atoms with E-state index in [2.05, 4.69) is 10.6 Å². The number of nitrogens with one attached hydrogen (secondary N) is 2. The summed E-state index contributed by atoms with van der Waals surface area (Å²) in [4.78, 5) is 48.9. The van der Waals surface area contributed by atoms with Gasteiger partial charge in [-0.15, -0.1) is 11.8 Å². The van der Waals surface area contributed by atoms with Gasteiger partial charge in [0.05, 0.1) is 16.8 Å². The zero-order valence-electron chi connectivity index (χ0n) is 20.2. The third-order valence-electron chi connectivity index (χ3n) is 6.13. The molecule has 3 atom stereocenters. The second kappa shape index (κ2) is 12.2. The van der Waals surface area contributed by atoms with E-state index in [9.17, 15) is 29.6 Å². The Bertz CT molecular complexity index is 1360. The van der Waals surface area contributed by atoms with Crippen molar-refractivity contribution in [3.8, 4) is 0 Å². The van der Waals surface area contributed by atoms with Crippen LogP contribution in [0.25, 0.3) is 0 Å². The number of hydrogen-bond donors (Lipinski definition) is 3. The molecule has 2 amide bonds. The van der Waals surface area contributed by atoms with Gasteiger partial charge in [-0.2, -0.15) is 0 Å². The number of allylic oxidation sites excluding steroid dienone is 2. The lowest BCUT2D eigenvalue weighted by Crippen LogP contribution is -2.34. The Kier molecular flexibility index (Phi) is 8.55. The molecule has 10 heteroatoms. The maximum atomic E-state index is 13.3. The number of anilines is 2. The maximum Gasteiger partial charge on any atom is 0.307 e. The number of nitro benzene ring substituents is 1. The molecule has 1 aliphatic carbocycles. The Morgan fingerprint density at radius 2 is 1.55 bits per heavy atom. The van der Waals surface area contributed by atoms with Gasteiger partial charge in [0.15, 0.2) is 0 Å². The lowest BCUT2D eigenvalue weighted by molar-refractivity contribution is -0.384. The Morgan fingerprint density at radius 3 is 2.21 bits per heavy atom. The molecule has 3 N–H and O–H groups in total. The van der Waals surface area contributed by atoms with Gasteiger partial charge in [-0.05, 0) is 48.7 Å². The van der Waals surface area contributed by atoms with Crippen molar-refractivity contribution < 1.29 is 24.4 Å². The van der Waals surface area contributed by atoms with Crippen LogP contribution in [0, 0.1) is 22.0 Å². The van der Waals surface area contributed by atoms with Crippen LogP contribution in [0.3, 0.4) is 0 Å². The second-order valence-electron chi connectivity index (χ2n) is 8.71. The van der Waals surface area contributed by atoms with Crippen molar-refractivity contribution in [2.45, 2.75) is 23.0 Å². The van der Waals surface area contributed by atoms with Crippen LogP contribution in [0.4, 0.5) is 17.1 Å². The van der Waals surface area contributed by atoms with Gasteiger partial charge in [-0.3, -0.25) is 24.5 Å². The number of non-ortho nitro benzene ring substituents is 1. The summed E-state index contributed by atoms with van der Waals surface area (Å²) < 4.78 is 0. The van der Waals surface area contributed by atoms with Crippen molar-refractivity contribution in [1.29, 1.82) is 0 Å². The van der Waals surface area contributed by atoms with E-state index in [1.165, 1.54) is 36.0 Å². The number of nitro groups is 1. The molecule has 0 saturated heterocycles. The third-order valence-corrected chi connectivity index (χ3v) is 7.38. The molecular formula is C28H25N3O6S. The van der Waals surface area contributed by atoms with Gasteiger partial charge in [-0.25, -0.2) is 0 Å². The standard InChI is InChI=1S/C28H25N3O6S/c32-26(23-11-4-5-12-24(23)28(34)35)30-20-9-6-10-22(17-20)38-25(18-7-2-1-3-8-18)27(33)29-19-13-15-21(16-14-19)31(36)37/h1-10,13-17,23-25H,11-12H2,(H,29,33)(H,30,32)(H,34,35). The Labute approximate surface area is 223 Å². The zero-order chi connectivity index (χ0) is 27.1. The van der Waals surface area contributed by atoms with Gasteiger partial charge in [0.1, 0.15) is 5.25 Å². The Balaban J connectivity index is 1.51. The molecule has 1 aliphatic rings. The van der Waals surface area contributed by atoms with Crippen LogP contribution >= 0.6 is 11.8 Å². The number of nitrogens with zero attached hydrogens (tertiary/aromatic N) is 1. The number of hydrogen-bond acceptors (Lipinski definition) is 6. The fourth-order valence-electron chi connectivity index (χ4n) is 4.17. The highest BCUT2D eigenvalue weighted by Crippen LogP contribution is 2.37. The number of aliphatic carboxylic acids is 1. The number of amides is 2. The number of benzene rings is 3. The monoisotopic (exact) mass is 531 g/mol. The van der Waals surface area contributed by atoms with Gasteiger partial charge in [0, 0.05) is 28.4 Å². The SMILES string of the molecule is O=C(Nc1ccc([N+](=O)[O-])cc1)C(Sc1cccc(NC(=O)C2CC=CCC2C(=O)O)c1)c1ccccc1. The molecule has 3 aromatic carbocycles. The first-order chi connectivity index (χ1) is 18.3. The topological polar surface area (TPSA) is 139 Å². The van der Waals surface area contributed by atoms with Crippen molar-refractivity contribution in [2.24, 2.45) is 11.8 Å². The van der Waals surface area contributed by atoms with Crippen molar-refractivity contribution >= 4 is 46.6 Å². The Hall–Kier alpha value is -4.44. The number of carbonyl (C=O) groups is 3. The molecule has 0 bridgehead atoms. The summed E-state index contributed by atoms with van der Waals surface area (Å²) in [6, 6.07) is 21.8. The van der Waals surface area contributed by atoms with Crippen molar-refractivity contribution in [3.05, 3.63) is 107 Å². The average Bonchev–Trinajstić information content (AvgIpc) is 2.92. The van der Waals surface area contributed by atoms with Crippen molar-refractivity contribution in [3.63, 3.8) is 0 Å². The summed E-state index contributed by atoms with van der Waals surface area (Å²) in [6.45, 7) is 0. The van der Waals surface area contributed by atoms with Crippen LogP contribution in [0.15, 0.2) is 95.9 Å². The van der Waals surface area contributed by atoms with Gasteiger partial charge >= 0.3 is 5.97 Å². The molecule has 9 nitrogen and oxygen atoms in total. The average molecular weight is 532 g/mol. The predicted octanol–water partition coefficient (Wildman–Crippen LogP) is 5.67. The summed E-state index contributed by atoms with van der Waals surface area (Å²) in [5.74, 6) is -3.12. The van der Waals surface area contributed by atoms with Gasteiger partial charge < -0.3 is 15.7 Å². The van der Waals surface area contributed by atoms with Crippen LogP contribution < -0.4 is 10.6 Å². The van der Waals surface area contributed by atoms with Crippen molar-refractivity contribution in [1.82, 2.24) is 0 Å². The molecule has 3 unspecified atom stereocenters. The molecular weight excluding hydrogens is 506 g/mol. The van der Waals surface area contributed by atoms with E-state index in [-0.39, 0.29) is 17.5 Å². The van der Waals surface area contributed by atoms with E-state index in [1.54, 1.807) is 24.3 Å². The van der Waals surface area contributed by atoms with Crippen molar-refractivity contribution in [2.75, 3.05) is 10.6 Å². The van der Waals surface area contributed by atoms with E-state index < -0.39 is 28.0 Å². The molecule has 0 aliphatic heterocycles. The normalized spacial score (nSPS) is 17.3. The summed E-state index contributed by atoms with van der Waals surface area (Å²) in [5.41, 5.74) is 1.61. The molecule has 194 valence electrons. The van der Waals surface area contributed by atoms with Gasteiger partial charge in [-0.1, -0.05) is 48.6 Å².